The third-order valence-corrected chi connectivity index (χ3v) is 10.5. The molecule has 4 heteroatoms. The molecule has 258 valence electrons. The predicted molar refractivity (Wildman–Crippen MR) is 229 cm³/mol. The number of aromatic nitrogens is 3. The maximum absolute atomic E-state index is 8.44. The van der Waals surface area contributed by atoms with Crippen LogP contribution in [0.4, 0.5) is 0 Å². The number of nitrogens with one attached hydrogen (secondary N) is 1. The smallest absolute Gasteiger partial charge is 0.0779 e. The Morgan fingerprint density at radius 1 is 0.611 bits per heavy atom. The molecule has 4 aromatic heterocycles. The Bertz CT molecular complexity index is 3030. The quantitative estimate of drug-likeness (QED) is 0.105. The van der Waals surface area contributed by atoms with Crippen molar-refractivity contribution in [1.82, 2.24) is 14.0 Å². The molecule has 0 bridgehead atoms. The highest BCUT2D eigenvalue weighted by atomic mass is 15.0. The Balaban J connectivity index is 0.000000145. The number of fused-ring (bicyclic) bond motifs is 12. The maximum Gasteiger partial charge on any atom is 0.0779 e. The Kier molecular flexibility index (Phi) is 8.41. The number of nitrogens with zero attached hydrogens (tertiary/aromatic N) is 3. The van der Waals surface area contributed by atoms with Gasteiger partial charge >= 0.3 is 0 Å². The summed E-state index contributed by atoms with van der Waals surface area (Å²) in [6.07, 6.45) is 8.46. The van der Waals surface area contributed by atoms with Gasteiger partial charge in [0.15, 0.2) is 0 Å². The highest BCUT2D eigenvalue weighted by Crippen LogP contribution is 2.39. The zero-order valence-corrected chi connectivity index (χ0v) is 30.1. The summed E-state index contributed by atoms with van der Waals surface area (Å²) < 4.78 is 4.82. The molecule has 4 nitrogen and oxygen atoms in total. The normalized spacial score (nSPS) is 11.6. The van der Waals surface area contributed by atoms with Crippen molar-refractivity contribution >= 4 is 65.6 Å². The van der Waals surface area contributed by atoms with Crippen LogP contribution in [0, 0.1) is 5.41 Å². The minimum absolute atomic E-state index is 0.528. The van der Waals surface area contributed by atoms with E-state index >= 15 is 0 Å². The second-order valence-corrected chi connectivity index (χ2v) is 13.6. The van der Waals surface area contributed by atoms with Gasteiger partial charge in [-0.05, 0) is 47.7 Å². The van der Waals surface area contributed by atoms with Crippen LogP contribution in [0.25, 0.3) is 71.2 Å². The molecule has 1 N–H and O–H groups in total. The fourth-order valence-electron chi connectivity index (χ4n) is 7.85. The molecule has 0 unspecified atom stereocenters. The van der Waals surface area contributed by atoms with Gasteiger partial charge in [-0.15, -0.1) is 0 Å². The van der Waals surface area contributed by atoms with Crippen LogP contribution in [0.2, 0.25) is 0 Å². The van der Waals surface area contributed by atoms with Gasteiger partial charge in [0.2, 0.25) is 0 Å². The molecular weight excluding hydrogens is 657 g/mol. The number of pyridine rings is 2. The van der Waals surface area contributed by atoms with Crippen LogP contribution in [0.15, 0.2) is 189 Å². The standard InChI is InChI=1S/C27H18N2.C23H20N2/c1-28-23-12-6-4-11-21(23)22-15-14-17-16-25-20-10-3-2-8-18(20)19-9-5-7-13-24(19)29(25)26(17)27(22)28;1-2-3-4-7-18-9-11-20(12-10-18)23(24)21-15-13-19(14-16-21)22-8-5-6-17-25-22/h2-16H,1H3;2-6,8-17,24H,1,7H2/b;4-3-,24-23?. The number of hydrogen-bond donors (Lipinski definition) is 1. The van der Waals surface area contributed by atoms with E-state index in [-0.39, 0.29) is 0 Å². The minimum atomic E-state index is 0.528. The van der Waals surface area contributed by atoms with Crippen LogP contribution in [0.1, 0.15) is 16.7 Å². The molecule has 0 radical (unpaired) electrons. The summed E-state index contributed by atoms with van der Waals surface area (Å²) in [5.74, 6) is 0. The third kappa shape index (κ3) is 5.65. The average Bonchev–Trinajstić information content (AvgIpc) is 3.77. The van der Waals surface area contributed by atoms with Crippen LogP contribution in [-0.2, 0) is 13.5 Å². The monoisotopic (exact) mass is 694 g/mol. The molecule has 0 spiro atoms. The Morgan fingerprint density at radius 3 is 1.91 bits per heavy atom. The van der Waals surface area contributed by atoms with Crippen LogP contribution in [0.3, 0.4) is 0 Å². The second kappa shape index (κ2) is 13.8. The molecule has 10 rings (SSSR count). The zero-order chi connectivity index (χ0) is 36.6. The topological polar surface area (TPSA) is 46.1 Å². The van der Waals surface area contributed by atoms with Crippen molar-refractivity contribution in [2.24, 2.45) is 7.05 Å². The first kappa shape index (κ1) is 32.8. The van der Waals surface area contributed by atoms with E-state index in [0.717, 1.165) is 28.8 Å². The molecule has 0 atom stereocenters. The number of rotatable bonds is 6. The van der Waals surface area contributed by atoms with Crippen molar-refractivity contribution in [3.05, 3.63) is 205 Å². The van der Waals surface area contributed by atoms with Gasteiger partial charge in [0, 0.05) is 62.4 Å². The predicted octanol–water partition coefficient (Wildman–Crippen LogP) is 12.5. The van der Waals surface area contributed by atoms with Gasteiger partial charge in [-0.25, -0.2) is 0 Å². The van der Waals surface area contributed by atoms with Crippen LogP contribution in [0.5, 0.6) is 0 Å². The van der Waals surface area contributed by atoms with Crippen molar-refractivity contribution in [2.45, 2.75) is 6.42 Å². The third-order valence-electron chi connectivity index (χ3n) is 10.5. The first-order chi connectivity index (χ1) is 26.6. The minimum Gasteiger partial charge on any atom is -0.342 e. The number of benzene rings is 6. The lowest BCUT2D eigenvalue weighted by Crippen LogP contribution is -2.01. The molecule has 0 fully saturated rings. The van der Waals surface area contributed by atoms with E-state index in [1.165, 1.54) is 65.5 Å². The van der Waals surface area contributed by atoms with Crippen molar-refractivity contribution in [3.8, 4) is 11.3 Å². The van der Waals surface area contributed by atoms with Gasteiger partial charge in [0.05, 0.1) is 33.5 Å². The van der Waals surface area contributed by atoms with Gasteiger partial charge in [-0.3, -0.25) is 10.4 Å². The van der Waals surface area contributed by atoms with E-state index in [2.05, 4.69) is 137 Å². The summed E-state index contributed by atoms with van der Waals surface area (Å²) in [4.78, 5) is 4.36. The number of hydrogen-bond acceptors (Lipinski definition) is 2. The summed E-state index contributed by atoms with van der Waals surface area (Å²) in [5.41, 5.74) is 12.0. The van der Waals surface area contributed by atoms with Crippen molar-refractivity contribution in [3.63, 3.8) is 0 Å². The lowest BCUT2D eigenvalue weighted by Gasteiger charge is -2.11. The largest absolute Gasteiger partial charge is 0.342 e. The van der Waals surface area contributed by atoms with Gasteiger partial charge < -0.3 is 8.97 Å². The van der Waals surface area contributed by atoms with E-state index in [1.807, 2.05) is 60.7 Å². The van der Waals surface area contributed by atoms with E-state index in [4.69, 9.17) is 5.41 Å². The Morgan fingerprint density at radius 2 is 1.22 bits per heavy atom. The summed E-state index contributed by atoms with van der Waals surface area (Å²) in [6.45, 7) is 3.67. The van der Waals surface area contributed by atoms with Crippen LogP contribution >= 0.6 is 0 Å². The van der Waals surface area contributed by atoms with Gasteiger partial charge in [-0.1, -0.05) is 152 Å². The van der Waals surface area contributed by atoms with Crippen molar-refractivity contribution in [1.29, 1.82) is 5.41 Å². The zero-order valence-electron chi connectivity index (χ0n) is 30.1. The molecule has 0 aliphatic rings. The summed E-state index contributed by atoms with van der Waals surface area (Å²) >= 11 is 0. The summed E-state index contributed by atoms with van der Waals surface area (Å²) in [7, 11) is 2.19. The molecule has 0 saturated carbocycles. The highest BCUT2D eigenvalue weighted by Gasteiger charge is 2.17. The molecule has 0 aliphatic carbocycles. The molecule has 10 aromatic rings. The second-order valence-electron chi connectivity index (χ2n) is 13.6. The Labute approximate surface area is 314 Å². The Hall–Kier alpha value is -7.04. The lowest BCUT2D eigenvalue weighted by molar-refractivity contribution is 1.02. The lowest BCUT2D eigenvalue weighted by atomic mass is 9.99. The van der Waals surface area contributed by atoms with E-state index in [0.29, 0.717) is 5.71 Å². The molecule has 0 saturated heterocycles. The molecular formula is C50H38N4. The fourth-order valence-corrected chi connectivity index (χ4v) is 7.85. The van der Waals surface area contributed by atoms with E-state index < -0.39 is 0 Å². The number of aryl methyl sites for hydroxylation is 1. The molecule has 6 aromatic carbocycles. The SMILES string of the molecule is C=C/C=C\Cc1ccc(C(=N)c2ccc(-c3ccccn3)cc2)cc1.Cn1c2ccccc2c2ccc3cc4c5ccccc5c5ccccc5n4c3c21. The molecule has 0 amide bonds. The number of para-hydroxylation sites is 2. The molecule has 4 heterocycles. The fraction of sp³-hybridized carbons (Fsp3) is 0.0400. The average molecular weight is 695 g/mol. The van der Waals surface area contributed by atoms with Crippen molar-refractivity contribution < 1.29 is 0 Å². The molecule has 0 aliphatic heterocycles. The highest BCUT2D eigenvalue weighted by molar-refractivity contribution is 6.22. The van der Waals surface area contributed by atoms with Crippen molar-refractivity contribution in [2.75, 3.05) is 0 Å². The van der Waals surface area contributed by atoms with Gasteiger partial charge in [-0.2, -0.15) is 0 Å². The maximum atomic E-state index is 8.44. The van der Waals surface area contributed by atoms with Crippen LogP contribution < -0.4 is 0 Å². The van der Waals surface area contributed by atoms with E-state index in [1.54, 1.807) is 12.3 Å². The molecule has 54 heavy (non-hydrogen) atoms. The number of allylic oxidation sites excluding steroid dienone is 3. The first-order valence-corrected chi connectivity index (χ1v) is 18.3. The summed E-state index contributed by atoms with van der Waals surface area (Å²) in [5, 5.41) is 16.3. The first-order valence-electron chi connectivity index (χ1n) is 18.3. The van der Waals surface area contributed by atoms with Gasteiger partial charge in [0.25, 0.3) is 0 Å². The van der Waals surface area contributed by atoms with Gasteiger partial charge in [0.1, 0.15) is 0 Å². The van der Waals surface area contributed by atoms with E-state index in [9.17, 15) is 0 Å². The van der Waals surface area contributed by atoms with Crippen LogP contribution in [-0.4, -0.2) is 19.7 Å². The summed E-state index contributed by atoms with van der Waals surface area (Å²) in [6, 6.07) is 55.1.